The van der Waals surface area contributed by atoms with Crippen molar-refractivity contribution in [2.24, 2.45) is 0 Å². The van der Waals surface area contributed by atoms with Gasteiger partial charge in [0.2, 0.25) is 21.8 Å². The summed E-state index contributed by atoms with van der Waals surface area (Å²) in [6.45, 7) is 3.38. The second-order valence-electron chi connectivity index (χ2n) is 9.76. The predicted octanol–water partition coefficient (Wildman–Crippen LogP) is 5.43. The zero-order valence-corrected chi connectivity index (χ0v) is 26.7. The van der Waals surface area contributed by atoms with E-state index >= 15 is 0 Å². The van der Waals surface area contributed by atoms with Gasteiger partial charge < -0.3 is 15.0 Å². The molecule has 2 atom stereocenters. The predicted molar refractivity (Wildman–Crippen MR) is 167 cm³/mol. The van der Waals surface area contributed by atoms with Gasteiger partial charge in [0.1, 0.15) is 18.3 Å². The Morgan fingerprint density at radius 2 is 1.68 bits per heavy atom. The Bertz CT molecular complexity index is 1440. The quantitative estimate of drug-likeness (QED) is 0.263. The summed E-state index contributed by atoms with van der Waals surface area (Å²) in [6, 6.07) is 20.3. The fourth-order valence-corrected chi connectivity index (χ4v) is 5.51. The van der Waals surface area contributed by atoms with E-state index < -0.39 is 28.5 Å². The average molecular weight is 665 g/mol. The number of methoxy groups -OCH3 is 1. The molecular weight excluding hydrogens is 630 g/mol. The molecule has 0 aliphatic carbocycles. The molecule has 41 heavy (non-hydrogen) atoms. The van der Waals surface area contributed by atoms with Gasteiger partial charge in [0.15, 0.2) is 0 Å². The van der Waals surface area contributed by atoms with Gasteiger partial charge in [-0.2, -0.15) is 0 Å². The molecule has 0 saturated heterocycles. The molecule has 0 fully saturated rings. The molecule has 220 valence electrons. The van der Waals surface area contributed by atoms with Gasteiger partial charge in [-0.1, -0.05) is 76.9 Å². The number of carbonyl (C=O) groups excluding carboxylic acids is 2. The number of rotatable bonds is 13. The topological polar surface area (TPSA) is 96.0 Å². The number of amides is 2. The summed E-state index contributed by atoms with van der Waals surface area (Å²) < 4.78 is 33.2. The van der Waals surface area contributed by atoms with Crippen LogP contribution in [0.4, 0.5) is 5.69 Å². The average Bonchev–Trinajstić information content (AvgIpc) is 2.94. The molecule has 0 heterocycles. The van der Waals surface area contributed by atoms with Crippen molar-refractivity contribution in [1.82, 2.24) is 10.2 Å². The largest absolute Gasteiger partial charge is 0.495 e. The van der Waals surface area contributed by atoms with Crippen LogP contribution < -0.4 is 14.4 Å². The summed E-state index contributed by atoms with van der Waals surface area (Å²) in [6.07, 6.45) is 1.96. The van der Waals surface area contributed by atoms with Crippen LogP contribution in [0, 0.1) is 0 Å². The number of hydrogen-bond donors (Lipinski definition) is 1. The Morgan fingerprint density at radius 1 is 1.02 bits per heavy atom. The van der Waals surface area contributed by atoms with Gasteiger partial charge >= 0.3 is 0 Å². The van der Waals surface area contributed by atoms with E-state index in [-0.39, 0.29) is 41.4 Å². The van der Waals surface area contributed by atoms with Gasteiger partial charge in [0.25, 0.3) is 0 Å². The van der Waals surface area contributed by atoms with Crippen LogP contribution in [0.15, 0.2) is 77.3 Å². The van der Waals surface area contributed by atoms with Gasteiger partial charge in [-0.25, -0.2) is 8.42 Å². The SMILES string of the molecule is CCC(C)NC(=O)C(Cc1ccccc1)N(Cc1ccc(Br)cc1)C(=O)CN(c1cc(Cl)ccc1OC)S(C)(=O)=O. The summed E-state index contributed by atoms with van der Waals surface area (Å²) in [5, 5.41) is 3.29. The van der Waals surface area contributed by atoms with E-state index in [1.165, 1.54) is 24.1 Å². The smallest absolute Gasteiger partial charge is 0.244 e. The van der Waals surface area contributed by atoms with Gasteiger partial charge in [-0.15, -0.1) is 0 Å². The van der Waals surface area contributed by atoms with Crippen LogP contribution in [0.2, 0.25) is 5.02 Å². The van der Waals surface area contributed by atoms with Crippen molar-refractivity contribution in [1.29, 1.82) is 0 Å². The van der Waals surface area contributed by atoms with Crippen molar-refractivity contribution < 1.29 is 22.7 Å². The van der Waals surface area contributed by atoms with Crippen molar-refractivity contribution in [3.63, 3.8) is 0 Å². The molecule has 3 aromatic carbocycles. The third-order valence-electron chi connectivity index (χ3n) is 6.63. The lowest BCUT2D eigenvalue weighted by Crippen LogP contribution is -2.54. The van der Waals surface area contributed by atoms with Crippen molar-refractivity contribution >= 4 is 55.1 Å². The number of halogens is 2. The Kier molecular flexibility index (Phi) is 11.6. The standard InChI is InChI=1S/C30H35BrClN3O5S/c1-5-21(2)33-30(37)27(17-22-9-7-6-8-10-22)34(19-23-11-13-24(31)14-12-23)29(36)20-35(41(4,38)39)26-18-25(32)15-16-28(26)40-3/h6-16,18,21,27H,5,17,19-20H2,1-4H3,(H,33,37). The molecule has 11 heteroatoms. The molecule has 0 spiro atoms. The molecule has 0 aliphatic rings. The monoisotopic (exact) mass is 663 g/mol. The zero-order valence-electron chi connectivity index (χ0n) is 23.5. The van der Waals surface area contributed by atoms with E-state index in [2.05, 4.69) is 21.2 Å². The van der Waals surface area contributed by atoms with Crippen LogP contribution >= 0.6 is 27.5 Å². The van der Waals surface area contributed by atoms with Crippen LogP contribution in [0.1, 0.15) is 31.4 Å². The van der Waals surface area contributed by atoms with Gasteiger partial charge in [-0.05, 0) is 54.8 Å². The molecule has 0 saturated carbocycles. The first-order valence-electron chi connectivity index (χ1n) is 13.1. The Labute approximate surface area is 255 Å². The van der Waals surface area contributed by atoms with Gasteiger partial charge in [-0.3, -0.25) is 13.9 Å². The fourth-order valence-electron chi connectivity index (χ4n) is 4.23. The van der Waals surface area contributed by atoms with Gasteiger partial charge in [0.05, 0.1) is 19.1 Å². The minimum Gasteiger partial charge on any atom is -0.495 e. The number of hydrogen-bond acceptors (Lipinski definition) is 5. The highest BCUT2D eigenvalue weighted by Crippen LogP contribution is 2.33. The maximum absolute atomic E-state index is 14.2. The lowest BCUT2D eigenvalue weighted by atomic mass is 10.0. The first kappa shape index (κ1) is 32.4. The van der Waals surface area contributed by atoms with Crippen LogP contribution in [-0.2, 0) is 32.6 Å². The molecule has 3 aromatic rings. The molecular formula is C30H35BrClN3O5S. The Hall–Kier alpha value is -3.08. The maximum Gasteiger partial charge on any atom is 0.244 e. The maximum atomic E-state index is 14.2. The highest BCUT2D eigenvalue weighted by atomic mass is 79.9. The molecule has 0 bridgehead atoms. The number of sulfonamides is 1. The van der Waals surface area contributed by atoms with E-state index in [4.69, 9.17) is 16.3 Å². The number of nitrogens with zero attached hydrogens (tertiary/aromatic N) is 2. The number of benzene rings is 3. The van der Waals surface area contributed by atoms with E-state index in [0.717, 1.165) is 26.2 Å². The van der Waals surface area contributed by atoms with E-state index in [0.29, 0.717) is 6.42 Å². The van der Waals surface area contributed by atoms with E-state index in [9.17, 15) is 18.0 Å². The second kappa shape index (κ2) is 14.7. The lowest BCUT2D eigenvalue weighted by Gasteiger charge is -2.34. The van der Waals surface area contributed by atoms with Crippen LogP contribution in [0.3, 0.4) is 0 Å². The molecule has 0 aromatic heterocycles. The highest BCUT2D eigenvalue weighted by molar-refractivity contribution is 9.10. The third-order valence-corrected chi connectivity index (χ3v) is 8.52. The number of ether oxygens (including phenoxy) is 1. The van der Waals surface area contributed by atoms with Crippen LogP contribution in [-0.4, -0.2) is 57.1 Å². The zero-order chi connectivity index (χ0) is 30.2. The molecule has 2 amide bonds. The fraction of sp³-hybridized carbons (Fsp3) is 0.333. The summed E-state index contributed by atoms with van der Waals surface area (Å²) in [5.41, 5.74) is 1.77. The summed E-state index contributed by atoms with van der Waals surface area (Å²) >= 11 is 9.63. The highest BCUT2D eigenvalue weighted by Gasteiger charge is 2.34. The number of nitrogens with one attached hydrogen (secondary N) is 1. The number of anilines is 1. The molecule has 0 aliphatic heterocycles. The Balaban J connectivity index is 2.10. The van der Waals surface area contributed by atoms with E-state index in [1.54, 1.807) is 6.07 Å². The van der Waals surface area contributed by atoms with Crippen molar-refractivity contribution in [3.8, 4) is 5.75 Å². The normalized spacial score (nSPS) is 12.7. The summed E-state index contributed by atoms with van der Waals surface area (Å²) in [4.78, 5) is 29.3. The van der Waals surface area contributed by atoms with Crippen LogP contribution in [0.5, 0.6) is 5.75 Å². The molecule has 8 nitrogen and oxygen atoms in total. The molecule has 0 radical (unpaired) electrons. The van der Waals surface area contributed by atoms with E-state index in [1.807, 2.05) is 68.4 Å². The first-order valence-corrected chi connectivity index (χ1v) is 16.1. The van der Waals surface area contributed by atoms with Crippen LogP contribution in [0.25, 0.3) is 0 Å². The summed E-state index contributed by atoms with van der Waals surface area (Å²) in [5.74, 6) is -0.636. The minimum absolute atomic E-state index is 0.0851. The lowest BCUT2D eigenvalue weighted by molar-refractivity contribution is -0.140. The first-order chi connectivity index (χ1) is 19.4. The summed E-state index contributed by atoms with van der Waals surface area (Å²) in [7, 11) is -2.55. The molecule has 3 rings (SSSR count). The molecule has 1 N–H and O–H groups in total. The van der Waals surface area contributed by atoms with Gasteiger partial charge in [0, 0.05) is 28.5 Å². The second-order valence-corrected chi connectivity index (χ2v) is 13.0. The Morgan fingerprint density at radius 3 is 2.27 bits per heavy atom. The van der Waals surface area contributed by atoms with Crippen molar-refractivity contribution in [3.05, 3.63) is 93.4 Å². The number of carbonyl (C=O) groups is 2. The van der Waals surface area contributed by atoms with Crippen molar-refractivity contribution in [2.75, 3.05) is 24.2 Å². The van der Waals surface area contributed by atoms with Crippen molar-refractivity contribution in [2.45, 2.75) is 45.3 Å². The molecule has 2 unspecified atom stereocenters. The minimum atomic E-state index is -3.96. The third kappa shape index (κ3) is 9.21.